The average Bonchev–Trinajstić information content (AvgIpc) is 2.81. The Morgan fingerprint density at radius 3 is 3.00 bits per heavy atom. The van der Waals surface area contributed by atoms with Gasteiger partial charge in [-0.1, -0.05) is 0 Å². The molecule has 96 valence electrons. The lowest BCUT2D eigenvalue weighted by molar-refractivity contribution is 0.679. The third-order valence-corrected chi connectivity index (χ3v) is 3.47. The van der Waals surface area contributed by atoms with Crippen molar-refractivity contribution < 1.29 is 0 Å². The zero-order valence-corrected chi connectivity index (χ0v) is 11.3. The second-order valence-electron chi connectivity index (χ2n) is 4.14. The molecule has 0 radical (unpaired) electrons. The van der Waals surface area contributed by atoms with Gasteiger partial charge in [-0.05, 0) is 24.6 Å². The third kappa shape index (κ3) is 3.87. The molecule has 0 aliphatic rings. The summed E-state index contributed by atoms with van der Waals surface area (Å²) in [6.45, 7) is 4.31. The highest BCUT2D eigenvalue weighted by Crippen LogP contribution is 2.08. The van der Waals surface area contributed by atoms with Crippen molar-refractivity contribution in [1.82, 2.24) is 15.3 Å². The van der Waals surface area contributed by atoms with E-state index in [2.05, 4.69) is 20.7 Å². The first-order valence-corrected chi connectivity index (χ1v) is 6.91. The molecule has 0 aliphatic heterocycles. The second-order valence-corrected chi connectivity index (χ2v) is 5.21. The fraction of sp³-hybridized carbons (Fsp3) is 0.385. The number of nitrogens with zero attached hydrogens (tertiary/aromatic N) is 2. The summed E-state index contributed by atoms with van der Waals surface area (Å²) in [6, 6.07) is 4.05. The van der Waals surface area contributed by atoms with Gasteiger partial charge in [0.25, 0.3) is 0 Å². The summed E-state index contributed by atoms with van der Waals surface area (Å²) in [7, 11) is 0. The minimum absolute atomic E-state index is 0.492. The van der Waals surface area contributed by atoms with E-state index in [1.807, 2.05) is 25.3 Å². The number of nitrogens with one attached hydrogen (secondary N) is 1. The number of aromatic nitrogens is 2. The minimum atomic E-state index is 0.492. The maximum atomic E-state index is 5.56. The number of rotatable bonds is 6. The molecule has 0 spiro atoms. The van der Waals surface area contributed by atoms with Gasteiger partial charge in [0.15, 0.2) is 0 Å². The summed E-state index contributed by atoms with van der Waals surface area (Å²) in [5.74, 6) is 0. The Balaban J connectivity index is 1.74. The van der Waals surface area contributed by atoms with Crippen LogP contribution in [0.4, 0.5) is 0 Å². The molecule has 0 bridgehead atoms. The predicted molar refractivity (Wildman–Crippen MR) is 74.4 cm³/mol. The van der Waals surface area contributed by atoms with Crippen LogP contribution in [0.3, 0.4) is 0 Å². The first kappa shape index (κ1) is 13.1. The SMILES string of the molecule is Cc1nc(CCNCc2ccnc(CN)c2)cs1. The van der Waals surface area contributed by atoms with E-state index < -0.39 is 0 Å². The van der Waals surface area contributed by atoms with Gasteiger partial charge in [-0.3, -0.25) is 4.98 Å². The zero-order valence-electron chi connectivity index (χ0n) is 10.5. The first-order valence-electron chi connectivity index (χ1n) is 6.03. The van der Waals surface area contributed by atoms with Crippen LogP contribution in [0, 0.1) is 6.92 Å². The highest BCUT2D eigenvalue weighted by Gasteiger charge is 1.99. The molecule has 0 atom stereocenters. The van der Waals surface area contributed by atoms with E-state index >= 15 is 0 Å². The number of thiazole rings is 1. The molecule has 2 rings (SSSR count). The van der Waals surface area contributed by atoms with Crippen LogP contribution >= 0.6 is 11.3 Å². The maximum absolute atomic E-state index is 5.56. The Morgan fingerprint density at radius 1 is 1.39 bits per heavy atom. The summed E-state index contributed by atoms with van der Waals surface area (Å²) in [4.78, 5) is 8.61. The van der Waals surface area contributed by atoms with Crippen molar-refractivity contribution in [2.45, 2.75) is 26.4 Å². The van der Waals surface area contributed by atoms with Gasteiger partial charge in [0.05, 0.1) is 16.4 Å². The minimum Gasteiger partial charge on any atom is -0.325 e. The molecule has 0 saturated carbocycles. The lowest BCUT2D eigenvalue weighted by atomic mass is 10.2. The van der Waals surface area contributed by atoms with Crippen molar-refractivity contribution in [2.24, 2.45) is 5.73 Å². The molecule has 2 aromatic rings. The second kappa shape index (κ2) is 6.58. The molecule has 0 amide bonds. The zero-order chi connectivity index (χ0) is 12.8. The first-order chi connectivity index (χ1) is 8.78. The summed E-state index contributed by atoms with van der Waals surface area (Å²) in [6.07, 6.45) is 2.78. The summed E-state index contributed by atoms with van der Waals surface area (Å²) < 4.78 is 0. The highest BCUT2D eigenvalue weighted by molar-refractivity contribution is 7.09. The number of hydrogen-bond acceptors (Lipinski definition) is 5. The Bertz CT molecular complexity index is 495. The summed E-state index contributed by atoms with van der Waals surface area (Å²) in [5.41, 5.74) is 8.89. The van der Waals surface area contributed by atoms with Gasteiger partial charge in [0, 0.05) is 37.6 Å². The van der Waals surface area contributed by atoms with Crippen LogP contribution in [0.2, 0.25) is 0 Å². The van der Waals surface area contributed by atoms with E-state index in [1.54, 1.807) is 11.3 Å². The van der Waals surface area contributed by atoms with E-state index in [0.717, 1.165) is 30.2 Å². The number of pyridine rings is 1. The van der Waals surface area contributed by atoms with Gasteiger partial charge in [-0.15, -0.1) is 11.3 Å². The Morgan fingerprint density at radius 2 is 2.28 bits per heavy atom. The molecule has 5 heteroatoms. The van der Waals surface area contributed by atoms with Gasteiger partial charge < -0.3 is 11.1 Å². The third-order valence-electron chi connectivity index (χ3n) is 2.64. The van der Waals surface area contributed by atoms with E-state index in [9.17, 15) is 0 Å². The number of aryl methyl sites for hydroxylation is 1. The van der Waals surface area contributed by atoms with Crippen molar-refractivity contribution in [3.63, 3.8) is 0 Å². The van der Waals surface area contributed by atoms with Crippen LogP contribution in [0.5, 0.6) is 0 Å². The van der Waals surface area contributed by atoms with Crippen LogP contribution in [0.1, 0.15) is 22.0 Å². The molecule has 4 nitrogen and oxygen atoms in total. The summed E-state index contributed by atoms with van der Waals surface area (Å²) >= 11 is 1.70. The predicted octanol–water partition coefficient (Wildman–Crippen LogP) is 1.64. The van der Waals surface area contributed by atoms with Crippen molar-refractivity contribution >= 4 is 11.3 Å². The van der Waals surface area contributed by atoms with Gasteiger partial charge in [-0.2, -0.15) is 0 Å². The van der Waals surface area contributed by atoms with E-state index in [4.69, 9.17) is 5.73 Å². The standard InChI is InChI=1S/C13H18N4S/c1-10-17-12(9-18-10)3-4-15-8-11-2-5-16-13(6-11)7-14/h2,5-6,9,15H,3-4,7-8,14H2,1H3. The molecule has 3 N–H and O–H groups in total. The lowest BCUT2D eigenvalue weighted by Crippen LogP contribution is -2.17. The van der Waals surface area contributed by atoms with E-state index in [1.165, 1.54) is 11.3 Å². The van der Waals surface area contributed by atoms with Crippen molar-refractivity contribution in [1.29, 1.82) is 0 Å². The van der Waals surface area contributed by atoms with Gasteiger partial charge in [0.2, 0.25) is 0 Å². The Hall–Kier alpha value is -1.30. The molecule has 0 unspecified atom stereocenters. The van der Waals surface area contributed by atoms with Crippen LogP contribution in [-0.2, 0) is 19.5 Å². The van der Waals surface area contributed by atoms with Crippen molar-refractivity contribution in [2.75, 3.05) is 6.54 Å². The fourth-order valence-corrected chi connectivity index (χ4v) is 2.37. The maximum Gasteiger partial charge on any atom is 0.0897 e. The van der Waals surface area contributed by atoms with Crippen LogP contribution in [0.15, 0.2) is 23.7 Å². The average molecular weight is 262 g/mol. The van der Waals surface area contributed by atoms with E-state index in [0.29, 0.717) is 6.54 Å². The number of hydrogen-bond donors (Lipinski definition) is 2. The quantitative estimate of drug-likeness (QED) is 0.777. The normalized spacial score (nSPS) is 10.8. The smallest absolute Gasteiger partial charge is 0.0897 e. The fourth-order valence-electron chi connectivity index (χ4n) is 1.72. The van der Waals surface area contributed by atoms with Crippen LogP contribution in [-0.4, -0.2) is 16.5 Å². The topological polar surface area (TPSA) is 63.8 Å². The van der Waals surface area contributed by atoms with E-state index in [-0.39, 0.29) is 0 Å². The molecular weight excluding hydrogens is 244 g/mol. The molecule has 0 aromatic carbocycles. The summed E-state index contributed by atoms with van der Waals surface area (Å²) in [5, 5.41) is 6.66. The monoisotopic (exact) mass is 262 g/mol. The molecule has 0 saturated heterocycles. The van der Waals surface area contributed by atoms with Crippen LogP contribution in [0.25, 0.3) is 0 Å². The van der Waals surface area contributed by atoms with Gasteiger partial charge in [-0.25, -0.2) is 4.98 Å². The number of nitrogens with two attached hydrogens (primary N) is 1. The Labute approximate surface area is 111 Å². The van der Waals surface area contributed by atoms with Crippen molar-refractivity contribution in [3.05, 3.63) is 45.7 Å². The van der Waals surface area contributed by atoms with Crippen molar-refractivity contribution in [3.8, 4) is 0 Å². The van der Waals surface area contributed by atoms with Gasteiger partial charge in [0.1, 0.15) is 0 Å². The molecular formula is C13H18N4S. The van der Waals surface area contributed by atoms with Crippen LogP contribution < -0.4 is 11.1 Å². The largest absolute Gasteiger partial charge is 0.325 e. The molecule has 2 aromatic heterocycles. The highest BCUT2D eigenvalue weighted by atomic mass is 32.1. The lowest BCUT2D eigenvalue weighted by Gasteiger charge is -2.05. The molecule has 0 aliphatic carbocycles. The van der Waals surface area contributed by atoms with Gasteiger partial charge >= 0.3 is 0 Å². The molecule has 2 heterocycles. The molecule has 0 fully saturated rings. The molecule has 18 heavy (non-hydrogen) atoms. The Kier molecular flexibility index (Phi) is 4.81.